The number of carboxylic acid groups (broad SMARTS) is 1. The van der Waals surface area contributed by atoms with Crippen LogP contribution in [0.15, 0.2) is 24.3 Å². The zero-order valence-corrected chi connectivity index (χ0v) is 8.47. The predicted molar refractivity (Wildman–Crippen MR) is 56.9 cm³/mol. The molecule has 0 heterocycles. The Morgan fingerprint density at radius 1 is 1.31 bits per heavy atom. The number of amides is 1. The number of rotatable bonds is 4. The maximum atomic E-state index is 10.9. The Morgan fingerprint density at radius 2 is 1.94 bits per heavy atom. The molecule has 86 valence electrons. The van der Waals surface area contributed by atoms with Crippen molar-refractivity contribution in [3.05, 3.63) is 29.8 Å². The third-order valence-electron chi connectivity index (χ3n) is 1.79. The van der Waals surface area contributed by atoms with E-state index in [0.717, 1.165) is 0 Å². The molecule has 1 aromatic carbocycles. The lowest BCUT2D eigenvalue weighted by molar-refractivity contribution is -0.114. The first-order chi connectivity index (χ1) is 7.61. The highest BCUT2D eigenvalue weighted by Gasteiger charge is 2.01. The fraction of sp³-hybridized carbons (Fsp3) is 0.200. The summed E-state index contributed by atoms with van der Waals surface area (Å²) >= 11 is 0. The van der Waals surface area contributed by atoms with Crippen molar-refractivity contribution in [3.8, 4) is 0 Å². The van der Waals surface area contributed by atoms with Crippen LogP contribution >= 0.6 is 0 Å². The Labute approximate surface area is 92.0 Å². The largest absolute Gasteiger partial charge is 0.506 e. The maximum Gasteiger partial charge on any atom is 0.506 e. The zero-order valence-electron chi connectivity index (χ0n) is 8.47. The minimum atomic E-state index is -1.32. The van der Waals surface area contributed by atoms with E-state index in [9.17, 15) is 9.59 Å². The molecule has 0 unspecified atom stereocenters. The Bertz CT molecular complexity index is 375. The first-order valence-corrected chi connectivity index (χ1v) is 4.56. The van der Waals surface area contributed by atoms with Crippen LogP contribution in [0.3, 0.4) is 0 Å². The molecule has 0 bridgehead atoms. The molecule has 0 aliphatic heterocycles. The summed E-state index contributed by atoms with van der Waals surface area (Å²) in [4.78, 5) is 21.1. The molecule has 1 aromatic rings. The maximum absolute atomic E-state index is 10.9. The number of carbonyl (C=O) groups is 2. The molecule has 0 aliphatic rings. The van der Waals surface area contributed by atoms with Crippen LogP contribution in [0.1, 0.15) is 5.56 Å². The molecule has 6 nitrogen and oxygen atoms in total. The van der Waals surface area contributed by atoms with Crippen LogP contribution < -0.4 is 11.1 Å². The number of anilines is 1. The lowest BCUT2D eigenvalue weighted by Crippen LogP contribution is -2.21. The third kappa shape index (κ3) is 3.97. The van der Waals surface area contributed by atoms with Crippen LogP contribution in [-0.2, 0) is 16.1 Å². The van der Waals surface area contributed by atoms with Crippen LogP contribution in [0.5, 0.6) is 0 Å². The van der Waals surface area contributed by atoms with E-state index in [4.69, 9.17) is 10.8 Å². The summed E-state index contributed by atoms with van der Waals surface area (Å²) in [5.41, 5.74) is 6.44. The van der Waals surface area contributed by atoms with E-state index in [1.807, 2.05) is 0 Å². The second-order valence-corrected chi connectivity index (χ2v) is 3.00. The minimum absolute atomic E-state index is 0.0134. The monoisotopic (exact) mass is 224 g/mol. The number of hydrogen-bond donors (Lipinski definition) is 3. The molecule has 0 radical (unpaired) electrons. The molecule has 0 aromatic heterocycles. The summed E-state index contributed by atoms with van der Waals surface area (Å²) in [5, 5.41) is 10.8. The van der Waals surface area contributed by atoms with Gasteiger partial charge in [-0.1, -0.05) is 12.1 Å². The van der Waals surface area contributed by atoms with E-state index in [2.05, 4.69) is 10.1 Å². The molecule has 1 rings (SSSR count). The topological polar surface area (TPSA) is 102 Å². The van der Waals surface area contributed by atoms with Crippen molar-refractivity contribution in [2.24, 2.45) is 5.73 Å². The highest BCUT2D eigenvalue weighted by molar-refractivity contribution is 5.92. The fourth-order valence-electron chi connectivity index (χ4n) is 1.04. The van der Waals surface area contributed by atoms with Crippen LogP contribution in [0, 0.1) is 0 Å². The van der Waals surface area contributed by atoms with Gasteiger partial charge < -0.3 is 20.9 Å². The second-order valence-electron chi connectivity index (χ2n) is 3.00. The SMILES string of the molecule is NCC(=O)Nc1ccc(COC(=O)O)cc1. The van der Waals surface area contributed by atoms with Crippen molar-refractivity contribution in [2.45, 2.75) is 6.61 Å². The zero-order chi connectivity index (χ0) is 12.0. The third-order valence-corrected chi connectivity index (χ3v) is 1.79. The standard InChI is InChI=1S/C10H12N2O4/c11-5-9(13)12-8-3-1-7(2-4-8)6-16-10(14)15/h1-4H,5-6,11H2,(H,12,13)(H,14,15). The van der Waals surface area contributed by atoms with Crippen molar-refractivity contribution in [1.82, 2.24) is 0 Å². The molecule has 0 spiro atoms. The van der Waals surface area contributed by atoms with E-state index < -0.39 is 6.16 Å². The minimum Gasteiger partial charge on any atom is -0.450 e. The highest BCUT2D eigenvalue weighted by Crippen LogP contribution is 2.10. The number of benzene rings is 1. The van der Waals surface area contributed by atoms with E-state index in [1.54, 1.807) is 24.3 Å². The van der Waals surface area contributed by atoms with Crippen molar-refractivity contribution in [3.63, 3.8) is 0 Å². The van der Waals surface area contributed by atoms with Gasteiger partial charge in [0, 0.05) is 5.69 Å². The van der Waals surface area contributed by atoms with Gasteiger partial charge in [-0.15, -0.1) is 0 Å². The van der Waals surface area contributed by atoms with Crippen LogP contribution in [-0.4, -0.2) is 23.7 Å². The van der Waals surface area contributed by atoms with E-state index in [-0.39, 0.29) is 19.1 Å². The molecule has 4 N–H and O–H groups in total. The summed E-state index contributed by atoms with van der Waals surface area (Å²) in [6, 6.07) is 6.62. The van der Waals surface area contributed by atoms with E-state index >= 15 is 0 Å². The molecule has 0 aliphatic carbocycles. The summed E-state index contributed by atoms with van der Waals surface area (Å²) in [6.07, 6.45) is -1.32. The number of nitrogens with one attached hydrogen (secondary N) is 1. The molecule has 0 saturated carbocycles. The molecule has 6 heteroatoms. The van der Waals surface area contributed by atoms with Crippen LogP contribution in [0.2, 0.25) is 0 Å². The van der Waals surface area contributed by atoms with E-state index in [1.165, 1.54) is 0 Å². The van der Waals surface area contributed by atoms with Crippen LogP contribution in [0.4, 0.5) is 10.5 Å². The molecule has 0 atom stereocenters. The summed E-state index contributed by atoms with van der Waals surface area (Å²) in [7, 11) is 0. The fourth-order valence-corrected chi connectivity index (χ4v) is 1.04. The number of carbonyl (C=O) groups excluding carboxylic acids is 1. The Morgan fingerprint density at radius 3 is 2.44 bits per heavy atom. The first-order valence-electron chi connectivity index (χ1n) is 4.56. The molecular weight excluding hydrogens is 212 g/mol. The van der Waals surface area contributed by atoms with Gasteiger partial charge in [0.15, 0.2) is 0 Å². The van der Waals surface area contributed by atoms with Crippen molar-refractivity contribution in [1.29, 1.82) is 0 Å². The number of ether oxygens (including phenoxy) is 1. The van der Waals surface area contributed by atoms with Gasteiger partial charge >= 0.3 is 6.16 Å². The molecule has 1 amide bonds. The highest BCUT2D eigenvalue weighted by atomic mass is 16.7. The first kappa shape index (κ1) is 12.0. The van der Waals surface area contributed by atoms with Gasteiger partial charge in [0.25, 0.3) is 0 Å². The molecule has 16 heavy (non-hydrogen) atoms. The normalized spacial score (nSPS) is 9.56. The van der Waals surface area contributed by atoms with E-state index in [0.29, 0.717) is 11.3 Å². The average Bonchev–Trinajstić information content (AvgIpc) is 2.28. The van der Waals surface area contributed by atoms with Gasteiger partial charge in [0.05, 0.1) is 6.54 Å². The predicted octanol–water partition coefficient (Wildman–Crippen LogP) is 0.778. The van der Waals surface area contributed by atoms with Crippen LogP contribution in [0.25, 0.3) is 0 Å². The van der Waals surface area contributed by atoms with Gasteiger partial charge in [0.1, 0.15) is 6.61 Å². The average molecular weight is 224 g/mol. The molecule has 0 fully saturated rings. The van der Waals surface area contributed by atoms with Crippen molar-refractivity contribution < 1.29 is 19.4 Å². The lowest BCUT2D eigenvalue weighted by atomic mass is 10.2. The Balaban J connectivity index is 2.54. The molecule has 0 saturated heterocycles. The lowest BCUT2D eigenvalue weighted by Gasteiger charge is -2.05. The quantitative estimate of drug-likeness (QED) is 0.656. The van der Waals surface area contributed by atoms with Gasteiger partial charge in [0.2, 0.25) is 5.91 Å². The Hall–Kier alpha value is -2.08. The number of hydrogen-bond acceptors (Lipinski definition) is 4. The molecular formula is C10H12N2O4. The van der Waals surface area contributed by atoms with Gasteiger partial charge in [-0.05, 0) is 17.7 Å². The number of nitrogens with two attached hydrogens (primary N) is 1. The van der Waals surface area contributed by atoms with Gasteiger partial charge in [-0.25, -0.2) is 4.79 Å². The smallest absolute Gasteiger partial charge is 0.450 e. The summed E-state index contributed by atoms with van der Waals surface area (Å²) < 4.78 is 4.38. The van der Waals surface area contributed by atoms with Gasteiger partial charge in [-0.3, -0.25) is 4.79 Å². The summed E-state index contributed by atoms with van der Waals surface area (Å²) in [6.45, 7) is -0.0929. The Kier molecular flexibility index (Phi) is 4.28. The van der Waals surface area contributed by atoms with Crippen molar-refractivity contribution in [2.75, 3.05) is 11.9 Å². The van der Waals surface area contributed by atoms with Gasteiger partial charge in [-0.2, -0.15) is 0 Å². The second kappa shape index (κ2) is 5.72. The summed E-state index contributed by atoms with van der Waals surface area (Å²) in [5.74, 6) is -0.283. The van der Waals surface area contributed by atoms with Crippen molar-refractivity contribution >= 4 is 17.7 Å².